The fourth-order valence-corrected chi connectivity index (χ4v) is 7.61. The number of amides is 5. The zero-order valence-corrected chi connectivity index (χ0v) is 37.5. The lowest BCUT2D eigenvalue weighted by Crippen LogP contribution is -2.56. The third-order valence-corrected chi connectivity index (χ3v) is 10.9. The molecule has 65 heavy (non-hydrogen) atoms. The van der Waals surface area contributed by atoms with Crippen molar-refractivity contribution < 1.29 is 33.4 Å². The molecule has 5 rings (SSSR count). The van der Waals surface area contributed by atoms with Gasteiger partial charge in [-0.2, -0.15) is 5.26 Å². The van der Waals surface area contributed by atoms with E-state index in [1.54, 1.807) is 43.3 Å². The topological polar surface area (TPSA) is 283 Å². The maximum atomic E-state index is 14.7. The first-order chi connectivity index (χ1) is 31.2. The van der Waals surface area contributed by atoms with Crippen LogP contribution in [0.15, 0.2) is 60.8 Å². The quantitative estimate of drug-likeness (QED) is 0.0747. The summed E-state index contributed by atoms with van der Waals surface area (Å²) in [5.41, 5.74) is 23.1. The van der Waals surface area contributed by atoms with E-state index in [2.05, 4.69) is 44.2 Å². The highest BCUT2D eigenvalue weighted by atomic mass is 16.5. The zero-order valence-electron chi connectivity index (χ0n) is 37.5. The van der Waals surface area contributed by atoms with Crippen LogP contribution in [0.25, 0.3) is 22.5 Å². The molecule has 4 aromatic rings. The van der Waals surface area contributed by atoms with Gasteiger partial charge in [0, 0.05) is 49.4 Å². The van der Waals surface area contributed by atoms with E-state index < -0.39 is 53.7 Å². The molecule has 1 aliphatic heterocycles. The molecule has 4 atom stereocenters. The molecular formula is C47H59N11O7. The molecule has 4 bridgehead atoms. The largest absolute Gasteiger partial charge is 0.492 e. The van der Waals surface area contributed by atoms with E-state index in [9.17, 15) is 24.0 Å². The number of nitriles is 1. The summed E-state index contributed by atoms with van der Waals surface area (Å²) in [5.74, 6) is -2.12. The molecule has 5 amide bonds. The number of carbonyl (C=O) groups excluding carboxylic acids is 5. The molecule has 0 saturated carbocycles. The number of benzene rings is 3. The Morgan fingerprint density at radius 2 is 1.62 bits per heavy atom. The van der Waals surface area contributed by atoms with Crippen molar-refractivity contribution in [3.05, 3.63) is 94.3 Å². The van der Waals surface area contributed by atoms with E-state index in [0.29, 0.717) is 45.3 Å². The van der Waals surface area contributed by atoms with Crippen molar-refractivity contribution in [2.24, 2.45) is 17.2 Å². The van der Waals surface area contributed by atoms with Gasteiger partial charge in [0.15, 0.2) is 5.82 Å². The predicted molar refractivity (Wildman–Crippen MR) is 244 cm³/mol. The number of carbonyl (C=O) groups is 5. The highest BCUT2D eigenvalue weighted by Crippen LogP contribution is 2.40. The second-order valence-electron chi connectivity index (χ2n) is 15.8. The third kappa shape index (κ3) is 12.2. The van der Waals surface area contributed by atoms with Crippen LogP contribution >= 0.6 is 0 Å². The van der Waals surface area contributed by atoms with Gasteiger partial charge in [0.25, 0.3) is 5.91 Å². The third-order valence-electron chi connectivity index (χ3n) is 10.9. The summed E-state index contributed by atoms with van der Waals surface area (Å²) in [4.78, 5) is 80.5. The Balaban J connectivity index is 1.56. The first-order valence-electron chi connectivity index (χ1n) is 21.6. The Kier molecular flexibility index (Phi) is 17.5. The summed E-state index contributed by atoms with van der Waals surface area (Å²) in [6, 6.07) is 13.2. The average molecular weight is 890 g/mol. The predicted octanol–water partition coefficient (Wildman–Crippen LogP) is 1.89. The standard InChI is InChI=1S/C47H59N11O7/c1-6-7-30-8-11-33(27(2)22-30)42-53-26-36(28(3)54-42)44(60)56-37(14-15-48)47(63)58(5)41-32-10-13-40(65-21-18-51)35(25-32)34-23-31(9-12-39(34)64-20-17-50)24-38(45(61)52-19-16-49)57-43(59)29(4)55-46(41)62/h8-13,22-23,25-26,29,37-38,41H,6-7,14-15,17-21,24,48,50-51H2,1-5H3,(H,52,61)(H,55,62)(H,56,60)(H,57,59)/t29-,37-,38-,41-/m0/s1. The molecule has 344 valence electrons. The lowest BCUT2D eigenvalue weighted by molar-refractivity contribution is -0.141. The minimum absolute atomic E-state index is 0.00265. The molecule has 0 spiro atoms. The van der Waals surface area contributed by atoms with Crippen LogP contribution in [0.1, 0.15) is 71.0 Å². The fourth-order valence-electron chi connectivity index (χ4n) is 7.61. The molecule has 10 N–H and O–H groups in total. The summed E-state index contributed by atoms with van der Waals surface area (Å²) in [6.45, 7) is 7.61. The number of aryl methyl sites for hydroxylation is 3. The van der Waals surface area contributed by atoms with Gasteiger partial charge in [-0.3, -0.25) is 24.0 Å². The number of rotatable bonds is 17. The smallest absolute Gasteiger partial charge is 0.255 e. The van der Waals surface area contributed by atoms with Gasteiger partial charge >= 0.3 is 0 Å². The van der Waals surface area contributed by atoms with Crippen LogP contribution in [0.5, 0.6) is 11.5 Å². The fraction of sp³-hybridized carbons (Fsp3) is 0.404. The minimum Gasteiger partial charge on any atom is -0.492 e. The summed E-state index contributed by atoms with van der Waals surface area (Å²) in [6.07, 6.45) is 3.40. The Hall–Kier alpha value is -6.94. The molecule has 1 aromatic heterocycles. The molecule has 1 aliphatic rings. The van der Waals surface area contributed by atoms with Crippen molar-refractivity contribution in [1.82, 2.24) is 36.1 Å². The minimum atomic E-state index is -1.40. The van der Waals surface area contributed by atoms with Crippen LogP contribution in [0.2, 0.25) is 0 Å². The first-order valence-corrected chi connectivity index (χ1v) is 21.6. The second-order valence-corrected chi connectivity index (χ2v) is 15.8. The molecule has 0 unspecified atom stereocenters. The highest BCUT2D eigenvalue weighted by Gasteiger charge is 2.36. The number of nitrogens with one attached hydrogen (secondary N) is 4. The average Bonchev–Trinajstić information content (AvgIpc) is 3.28. The van der Waals surface area contributed by atoms with Gasteiger partial charge in [0.05, 0.1) is 17.3 Å². The zero-order chi connectivity index (χ0) is 47.2. The number of likely N-dealkylation sites (N-methyl/N-ethyl adjacent to an activating group) is 1. The number of hydrogen-bond acceptors (Lipinski definition) is 13. The maximum Gasteiger partial charge on any atom is 0.255 e. The van der Waals surface area contributed by atoms with Crippen LogP contribution in [0, 0.1) is 25.2 Å². The van der Waals surface area contributed by atoms with Crippen LogP contribution in [-0.4, -0.2) is 109 Å². The van der Waals surface area contributed by atoms with E-state index in [0.717, 1.165) is 24.0 Å². The molecule has 0 fully saturated rings. The Morgan fingerprint density at radius 1 is 0.923 bits per heavy atom. The number of nitrogens with two attached hydrogens (primary N) is 3. The number of aromatic nitrogens is 2. The van der Waals surface area contributed by atoms with Crippen molar-refractivity contribution in [2.75, 3.05) is 46.4 Å². The number of fused-ring (bicyclic) bond motifs is 5. The molecule has 3 aromatic carbocycles. The number of nitrogens with zero attached hydrogens (tertiary/aromatic N) is 4. The van der Waals surface area contributed by atoms with Gasteiger partial charge in [0.2, 0.25) is 23.6 Å². The lowest BCUT2D eigenvalue weighted by Gasteiger charge is -2.32. The van der Waals surface area contributed by atoms with Gasteiger partial charge in [-0.1, -0.05) is 43.7 Å². The molecule has 18 heteroatoms. The van der Waals surface area contributed by atoms with Crippen molar-refractivity contribution in [3.63, 3.8) is 0 Å². The van der Waals surface area contributed by atoms with Crippen molar-refractivity contribution in [1.29, 1.82) is 5.26 Å². The van der Waals surface area contributed by atoms with Gasteiger partial charge in [-0.25, -0.2) is 9.97 Å². The van der Waals surface area contributed by atoms with E-state index in [1.165, 1.54) is 30.6 Å². The number of hydrogen-bond donors (Lipinski definition) is 7. The van der Waals surface area contributed by atoms with E-state index in [4.69, 9.17) is 31.9 Å². The van der Waals surface area contributed by atoms with E-state index in [-0.39, 0.29) is 57.8 Å². The summed E-state index contributed by atoms with van der Waals surface area (Å²) in [7, 11) is 1.41. The SMILES string of the molecule is CCCc1ccc(-c2ncc(C(=O)N[C@@H](CCN)C(=O)N(C)[C@@H]3C(=O)N[C@@H](C)C(=O)N[C@H](C(=O)NCC#N)Cc4ccc(OCCN)c(c4)-c4cc3ccc4OCCN)c(C)n2)c(C)c1. The van der Waals surface area contributed by atoms with Crippen LogP contribution in [0.4, 0.5) is 0 Å². The molecule has 0 saturated heterocycles. The van der Waals surface area contributed by atoms with E-state index >= 15 is 0 Å². The van der Waals surface area contributed by atoms with Gasteiger partial charge in [-0.15, -0.1) is 0 Å². The maximum absolute atomic E-state index is 14.7. The van der Waals surface area contributed by atoms with Crippen molar-refractivity contribution in [3.8, 4) is 40.1 Å². The Bertz CT molecular complexity index is 2420. The normalized spacial score (nSPS) is 16.4. The Morgan fingerprint density at radius 3 is 2.25 bits per heavy atom. The molecule has 2 heterocycles. The highest BCUT2D eigenvalue weighted by molar-refractivity contribution is 6.00. The van der Waals surface area contributed by atoms with Gasteiger partial charge in [0.1, 0.15) is 55.4 Å². The van der Waals surface area contributed by atoms with Gasteiger partial charge in [-0.05, 0) is 86.7 Å². The summed E-state index contributed by atoms with van der Waals surface area (Å²) >= 11 is 0. The summed E-state index contributed by atoms with van der Waals surface area (Å²) < 4.78 is 12.2. The molecule has 18 nitrogen and oxygen atoms in total. The summed E-state index contributed by atoms with van der Waals surface area (Å²) in [5, 5.41) is 19.9. The lowest BCUT2D eigenvalue weighted by atomic mass is 9.93. The Labute approximate surface area is 379 Å². The monoisotopic (exact) mass is 889 g/mol. The first kappa shape index (κ1) is 49.1. The van der Waals surface area contributed by atoms with Crippen LogP contribution in [-0.2, 0) is 32.0 Å². The van der Waals surface area contributed by atoms with Crippen molar-refractivity contribution >= 4 is 29.5 Å². The van der Waals surface area contributed by atoms with Crippen molar-refractivity contribution in [2.45, 2.75) is 77.5 Å². The van der Waals surface area contributed by atoms with Gasteiger partial charge < -0.3 is 52.8 Å². The van der Waals surface area contributed by atoms with Crippen LogP contribution in [0.3, 0.4) is 0 Å². The molecular weight excluding hydrogens is 831 g/mol. The molecule has 0 radical (unpaired) electrons. The number of ether oxygens (including phenoxy) is 2. The molecule has 0 aliphatic carbocycles. The second kappa shape index (κ2) is 23.1. The van der Waals surface area contributed by atoms with E-state index in [1.807, 2.05) is 25.1 Å². The van der Waals surface area contributed by atoms with Crippen LogP contribution < -0.4 is 47.9 Å².